The zero-order valence-electron chi connectivity index (χ0n) is 16.5. The summed E-state index contributed by atoms with van der Waals surface area (Å²) in [6.45, 7) is 11.3. The molecule has 26 heavy (non-hydrogen) atoms. The molecule has 2 atom stereocenters. The molecule has 0 saturated heterocycles. The summed E-state index contributed by atoms with van der Waals surface area (Å²) in [5, 5.41) is -0.677. The Labute approximate surface area is 158 Å². The Morgan fingerprint density at radius 2 is 1.69 bits per heavy atom. The third-order valence-corrected chi connectivity index (χ3v) is 3.27. The molecule has 0 aliphatic rings. The van der Waals surface area contributed by atoms with E-state index in [9.17, 15) is 18.0 Å². The first kappa shape index (κ1) is 24.5. The van der Waals surface area contributed by atoms with E-state index in [4.69, 9.17) is 16.3 Å². The summed E-state index contributed by atoms with van der Waals surface area (Å²) in [5.74, 6) is -0.622. The minimum Gasteiger partial charge on any atom is -0.457 e. The van der Waals surface area contributed by atoms with Gasteiger partial charge in [-0.2, -0.15) is 13.2 Å². The highest BCUT2D eigenvalue weighted by Crippen LogP contribution is 2.22. The number of rotatable bonds is 6. The Balaban J connectivity index is 5.67. The van der Waals surface area contributed by atoms with Gasteiger partial charge in [0, 0.05) is 13.2 Å². The summed E-state index contributed by atoms with van der Waals surface area (Å²) in [5.41, 5.74) is -1.07. The Morgan fingerprint density at radius 3 is 2.04 bits per heavy atom. The minimum atomic E-state index is -4.57. The second-order valence-corrected chi connectivity index (χ2v) is 7.89. The molecular formula is C18H28ClF3N2O2. The van der Waals surface area contributed by atoms with E-state index in [1.807, 2.05) is 0 Å². The lowest BCUT2D eigenvalue weighted by Gasteiger charge is -2.25. The topological polar surface area (TPSA) is 41.9 Å². The molecule has 4 nitrogen and oxygen atoms in total. The van der Waals surface area contributed by atoms with Crippen LogP contribution in [0, 0.1) is 0 Å². The Morgan fingerprint density at radius 1 is 1.19 bits per heavy atom. The third kappa shape index (κ3) is 9.27. The highest BCUT2D eigenvalue weighted by molar-refractivity contribution is 6.24. The van der Waals surface area contributed by atoms with Crippen LogP contribution in [-0.4, -0.2) is 46.9 Å². The molecule has 0 spiro atoms. The van der Waals surface area contributed by atoms with E-state index in [2.05, 4.69) is 4.99 Å². The standard InChI is InChI=1S/C18H28ClF3N2O2/c1-11(2)9-15(18(20,21)22)23-13(4)24(8)10-14(12(3)19)16(25)26-17(5,6)7/h9-10,12-13H,1-8H3/b14-10+,23-15?. The summed E-state index contributed by atoms with van der Waals surface area (Å²) >= 11 is 6.04. The van der Waals surface area contributed by atoms with Gasteiger partial charge < -0.3 is 9.64 Å². The molecule has 0 aliphatic carbocycles. The van der Waals surface area contributed by atoms with Gasteiger partial charge in [0.25, 0.3) is 0 Å². The first-order valence-electron chi connectivity index (χ1n) is 8.15. The van der Waals surface area contributed by atoms with Crippen molar-refractivity contribution >= 4 is 23.3 Å². The first-order chi connectivity index (χ1) is 11.5. The van der Waals surface area contributed by atoms with Crippen LogP contribution in [0.25, 0.3) is 0 Å². The third-order valence-electron chi connectivity index (χ3n) is 3.04. The predicted octanol–water partition coefficient (Wildman–Crippen LogP) is 5.09. The van der Waals surface area contributed by atoms with Crippen molar-refractivity contribution in [3.05, 3.63) is 23.4 Å². The van der Waals surface area contributed by atoms with Crippen LogP contribution in [0.3, 0.4) is 0 Å². The number of carbonyl (C=O) groups excluding carboxylic acids is 1. The normalized spacial score (nSPS) is 16.0. The quantitative estimate of drug-likeness (QED) is 0.272. The van der Waals surface area contributed by atoms with Crippen LogP contribution in [-0.2, 0) is 9.53 Å². The SMILES string of the molecule is CC(C)=CC(=NC(C)N(C)/C=C(/C(=O)OC(C)(C)C)C(C)Cl)C(F)(F)F. The summed E-state index contributed by atoms with van der Waals surface area (Å²) in [4.78, 5) is 17.4. The molecule has 0 saturated carbocycles. The molecule has 0 fully saturated rings. The van der Waals surface area contributed by atoms with Gasteiger partial charge in [-0.05, 0) is 54.5 Å². The molecular weight excluding hydrogens is 369 g/mol. The number of halogens is 4. The average molecular weight is 397 g/mol. The number of ether oxygens (including phenoxy) is 1. The number of aliphatic imine (C=N–C) groups is 1. The van der Waals surface area contributed by atoms with Crippen molar-refractivity contribution < 1.29 is 22.7 Å². The first-order valence-corrected chi connectivity index (χ1v) is 8.59. The molecule has 0 heterocycles. The number of hydrogen-bond donors (Lipinski definition) is 0. The van der Waals surface area contributed by atoms with E-state index >= 15 is 0 Å². The maximum atomic E-state index is 13.1. The van der Waals surface area contributed by atoms with Crippen molar-refractivity contribution in [3.63, 3.8) is 0 Å². The van der Waals surface area contributed by atoms with Gasteiger partial charge in [-0.1, -0.05) is 5.57 Å². The summed E-state index contributed by atoms with van der Waals surface area (Å²) in [6, 6.07) is 0. The fourth-order valence-corrected chi connectivity index (χ4v) is 1.89. The molecule has 0 aromatic rings. The van der Waals surface area contributed by atoms with Gasteiger partial charge in [-0.25, -0.2) is 4.79 Å². The fourth-order valence-electron chi connectivity index (χ4n) is 1.74. The molecule has 0 radical (unpaired) electrons. The van der Waals surface area contributed by atoms with Crippen molar-refractivity contribution in [2.24, 2.45) is 4.99 Å². The molecule has 0 amide bonds. The lowest BCUT2D eigenvalue weighted by Crippen LogP contribution is -2.31. The van der Waals surface area contributed by atoms with Crippen LogP contribution in [0.4, 0.5) is 13.2 Å². The van der Waals surface area contributed by atoms with E-state index in [0.29, 0.717) is 5.57 Å². The average Bonchev–Trinajstić information content (AvgIpc) is 2.39. The van der Waals surface area contributed by atoms with Gasteiger partial charge in [0.05, 0.1) is 11.0 Å². The Bertz CT molecular complexity index is 584. The number of carbonyl (C=O) groups is 1. The number of hydrogen-bond acceptors (Lipinski definition) is 4. The van der Waals surface area contributed by atoms with Crippen LogP contribution < -0.4 is 0 Å². The predicted molar refractivity (Wildman–Crippen MR) is 99.4 cm³/mol. The van der Waals surface area contributed by atoms with Gasteiger partial charge in [-0.3, -0.25) is 4.99 Å². The van der Waals surface area contributed by atoms with Crippen molar-refractivity contribution in [2.45, 2.75) is 71.8 Å². The minimum absolute atomic E-state index is 0.141. The van der Waals surface area contributed by atoms with Crippen LogP contribution in [0.5, 0.6) is 0 Å². The number of allylic oxidation sites excluding steroid dienone is 2. The van der Waals surface area contributed by atoms with Crippen LogP contribution in [0.15, 0.2) is 28.4 Å². The highest BCUT2D eigenvalue weighted by atomic mass is 35.5. The Hall–Kier alpha value is -1.50. The molecule has 0 bridgehead atoms. The number of esters is 1. The van der Waals surface area contributed by atoms with Crippen molar-refractivity contribution in [2.75, 3.05) is 7.05 Å². The van der Waals surface area contributed by atoms with Gasteiger partial charge in [0.1, 0.15) is 17.5 Å². The van der Waals surface area contributed by atoms with Crippen molar-refractivity contribution in [1.82, 2.24) is 4.90 Å². The zero-order valence-corrected chi connectivity index (χ0v) is 17.3. The monoisotopic (exact) mass is 396 g/mol. The highest BCUT2D eigenvalue weighted by Gasteiger charge is 2.34. The van der Waals surface area contributed by atoms with Crippen LogP contribution >= 0.6 is 11.6 Å². The maximum Gasteiger partial charge on any atom is 0.432 e. The largest absolute Gasteiger partial charge is 0.457 e. The lowest BCUT2D eigenvalue weighted by molar-refractivity contribution is -0.150. The van der Waals surface area contributed by atoms with E-state index in [-0.39, 0.29) is 5.57 Å². The second kappa shape index (κ2) is 9.44. The van der Waals surface area contributed by atoms with Crippen LogP contribution in [0.2, 0.25) is 0 Å². The lowest BCUT2D eigenvalue weighted by atomic mass is 10.1. The van der Waals surface area contributed by atoms with Gasteiger partial charge in [0.15, 0.2) is 0 Å². The molecule has 2 unspecified atom stereocenters. The molecule has 0 rings (SSSR count). The number of alkyl halides is 4. The van der Waals surface area contributed by atoms with E-state index < -0.39 is 35.0 Å². The van der Waals surface area contributed by atoms with Crippen molar-refractivity contribution in [3.8, 4) is 0 Å². The number of nitrogens with zero attached hydrogens (tertiary/aromatic N) is 2. The van der Waals surface area contributed by atoms with Gasteiger partial charge in [-0.15, -0.1) is 11.6 Å². The fraction of sp³-hybridized carbons (Fsp3) is 0.667. The van der Waals surface area contributed by atoms with E-state index in [1.54, 1.807) is 41.5 Å². The summed E-state index contributed by atoms with van der Waals surface area (Å²) in [6.07, 6.45) is -3.08. The molecule has 0 N–H and O–H groups in total. The summed E-state index contributed by atoms with van der Waals surface area (Å²) in [7, 11) is 1.52. The van der Waals surface area contributed by atoms with Crippen LogP contribution in [0.1, 0.15) is 48.5 Å². The maximum absolute atomic E-state index is 13.1. The second-order valence-electron chi connectivity index (χ2n) is 7.23. The van der Waals surface area contributed by atoms with E-state index in [0.717, 1.165) is 6.08 Å². The smallest absolute Gasteiger partial charge is 0.432 e. The van der Waals surface area contributed by atoms with Gasteiger partial charge >= 0.3 is 12.1 Å². The Kier molecular flexibility index (Phi) is 8.90. The zero-order chi connectivity index (χ0) is 20.9. The summed E-state index contributed by atoms with van der Waals surface area (Å²) < 4.78 is 44.6. The molecule has 150 valence electrons. The van der Waals surface area contributed by atoms with Crippen molar-refractivity contribution in [1.29, 1.82) is 0 Å². The van der Waals surface area contributed by atoms with E-state index in [1.165, 1.54) is 25.1 Å². The molecule has 8 heteroatoms. The molecule has 0 aliphatic heterocycles. The van der Waals surface area contributed by atoms with Gasteiger partial charge in [0.2, 0.25) is 0 Å². The molecule has 0 aromatic carbocycles. The molecule has 0 aromatic heterocycles.